The van der Waals surface area contributed by atoms with Crippen LogP contribution in [0.5, 0.6) is 0 Å². The maximum Gasteiger partial charge on any atom is 0.417 e. The quantitative estimate of drug-likeness (QED) is 0.448. The predicted octanol–water partition coefficient (Wildman–Crippen LogP) is 3.92. The number of aromatic nitrogens is 1. The average Bonchev–Trinajstić information content (AvgIpc) is 3.29. The van der Waals surface area contributed by atoms with Crippen LogP contribution in [0.15, 0.2) is 37.2 Å². The highest BCUT2D eigenvalue weighted by Crippen LogP contribution is 2.67. The van der Waals surface area contributed by atoms with Crippen LogP contribution in [0.1, 0.15) is 65.4 Å². The van der Waals surface area contributed by atoms with Gasteiger partial charge in [0.05, 0.1) is 6.10 Å². The second-order valence-corrected chi connectivity index (χ2v) is 12.3. The maximum atomic E-state index is 13.4. The first-order valence-corrected chi connectivity index (χ1v) is 14.0. The van der Waals surface area contributed by atoms with Crippen molar-refractivity contribution in [3.8, 4) is 0 Å². The number of hydrogen-bond acceptors (Lipinski definition) is 8. The summed E-state index contributed by atoms with van der Waals surface area (Å²) in [5, 5.41) is 16.2. The van der Waals surface area contributed by atoms with Crippen molar-refractivity contribution in [3.63, 3.8) is 0 Å². The summed E-state index contributed by atoms with van der Waals surface area (Å²) in [6, 6.07) is 3.53. The lowest BCUT2D eigenvalue weighted by molar-refractivity contribution is -0.191. The van der Waals surface area contributed by atoms with Gasteiger partial charge in [0.2, 0.25) is 0 Å². The van der Waals surface area contributed by atoms with Crippen molar-refractivity contribution in [2.45, 2.75) is 78.6 Å². The van der Waals surface area contributed by atoms with Crippen LogP contribution in [0, 0.1) is 34.0 Å². The van der Waals surface area contributed by atoms with Crippen molar-refractivity contribution in [2.24, 2.45) is 34.0 Å². The number of alkyl carbamates (subject to hydrolysis) is 2. The number of Topliss-reactive ketones (excluding diaryl/α,β-unsaturated/α-hetero) is 1. The number of nitrogens with zero attached hydrogens (tertiary/aromatic N) is 1. The Bertz CT molecular complexity index is 1160. The number of pyridine rings is 1. The molecule has 3 saturated carbocycles. The van der Waals surface area contributed by atoms with Gasteiger partial charge in [-0.05, 0) is 54.6 Å². The number of aliphatic hydroxyl groups is 1. The van der Waals surface area contributed by atoms with Crippen LogP contribution >= 0.6 is 0 Å². The van der Waals surface area contributed by atoms with Gasteiger partial charge in [-0.3, -0.25) is 14.6 Å². The van der Waals surface area contributed by atoms with E-state index in [-0.39, 0.29) is 36.5 Å². The van der Waals surface area contributed by atoms with Crippen LogP contribution in [0.3, 0.4) is 0 Å². The molecule has 3 fully saturated rings. The Kier molecular flexibility index (Phi) is 8.40. The number of ether oxygens (including phenoxy) is 2. The molecule has 0 aromatic carbocycles. The van der Waals surface area contributed by atoms with Crippen LogP contribution in [-0.4, -0.2) is 52.8 Å². The number of imide groups is 1. The Morgan fingerprint density at radius 2 is 1.98 bits per heavy atom. The largest absolute Gasteiger partial charge is 0.445 e. The van der Waals surface area contributed by atoms with Gasteiger partial charge in [0.15, 0.2) is 6.61 Å². The summed E-state index contributed by atoms with van der Waals surface area (Å²) in [5.41, 5.74) is -1.12. The minimum atomic E-state index is -1.12. The number of aliphatic hydroxyl groups excluding tert-OH is 1. The number of hydrogen-bond donors (Lipinski definition) is 3. The summed E-state index contributed by atoms with van der Waals surface area (Å²) in [6.07, 6.45) is 4.21. The highest BCUT2D eigenvalue weighted by atomic mass is 16.6. The number of nitrogens with one attached hydrogen (secondary N) is 2. The highest BCUT2D eigenvalue weighted by Gasteiger charge is 2.68. The molecule has 1 aromatic rings. The second kappa shape index (κ2) is 11.3. The standard InChI is InChI=1S/C30H41N3O7/c1-6-28(4)14-22(29(5)18(2)9-11-30(19(3)25(28)36)12-10-21(34)24(29)30)40-27(38)33-26(37)39-17-23(35)32-16-20-8-7-13-31-15-20/h6-8,13,15,18-19,22,24-25,36H,1,9-12,14,16-17H2,2-5H3,(H,32,35)(H,33,37,38)/t18?,19-,22+,24-,25-,28+,29+,30-/m0/s1. The van der Waals surface area contributed by atoms with E-state index in [0.29, 0.717) is 12.8 Å². The maximum absolute atomic E-state index is 13.4. The van der Waals surface area contributed by atoms with Crippen molar-refractivity contribution < 1.29 is 33.8 Å². The van der Waals surface area contributed by atoms with E-state index in [1.807, 2.05) is 26.1 Å². The Hall–Kier alpha value is -3.27. The molecule has 2 bridgehead atoms. The summed E-state index contributed by atoms with van der Waals surface area (Å²) in [6.45, 7) is 11.6. The fourth-order valence-corrected chi connectivity index (χ4v) is 7.66. The van der Waals surface area contributed by atoms with Crippen molar-refractivity contribution in [2.75, 3.05) is 6.61 Å². The molecule has 0 saturated heterocycles. The second-order valence-electron chi connectivity index (χ2n) is 12.3. The zero-order valence-corrected chi connectivity index (χ0v) is 23.8. The Morgan fingerprint density at radius 3 is 2.65 bits per heavy atom. The lowest BCUT2D eigenvalue weighted by Gasteiger charge is -2.61. The SMILES string of the molecule is C=C[C@]1(C)C[C@@H](OC(=O)NC(=O)OCC(=O)NCc2cccnc2)[C@@]2(C)C(C)CC[C@]3(CCC(=O)[C@H]32)[C@@H](C)[C@@H]1O. The van der Waals surface area contributed by atoms with Crippen LogP contribution in [0.25, 0.3) is 0 Å². The van der Waals surface area contributed by atoms with E-state index in [1.165, 1.54) is 0 Å². The van der Waals surface area contributed by atoms with Gasteiger partial charge >= 0.3 is 12.2 Å². The molecule has 1 unspecified atom stereocenters. The topological polar surface area (TPSA) is 144 Å². The van der Waals surface area contributed by atoms with Crippen molar-refractivity contribution >= 4 is 23.9 Å². The molecule has 0 aliphatic heterocycles. The van der Waals surface area contributed by atoms with E-state index in [0.717, 1.165) is 18.4 Å². The van der Waals surface area contributed by atoms with Gasteiger partial charge in [0, 0.05) is 42.1 Å². The fraction of sp³-hybridized carbons (Fsp3) is 0.633. The normalized spacial score (nSPS) is 36.8. The number of ketones is 1. The molecule has 218 valence electrons. The third-order valence-corrected chi connectivity index (χ3v) is 10.3. The summed E-state index contributed by atoms with van der Waals surface area (Å²) in [7, 11) is 0. The molecule has 3 amide bonds. The lowest BCUT2D eigenvalue weighted by Crippen LogP contribution is -2.63. The van der Waals surface area contributed by atoms with E-state index in [4.69, 9.17) is 9.47 Å². The Balaban J connectivity index is 1.47. The van der Waals surface area contributed by atoms with E-state index in [9.17, 15) is 24.3 Å². The van der Waals surface area contributed by atoms with Gasteiger partial charge in [0.1, 0.15) is 11.9 Å². The number of rotatable bonds is 6. The molecular weight excluding hydrogens is 514 g/mol. The number of amides is 3. The molecule has 10 heteroatoms. The van der Waals surface area contributed by atoms with Crippen LogP contribution in [-0.2, 0) is 25.6 Å². The highest BCUT2D eigenvalue weighted by molar-refractivity contribution is 5.89. The van der Waals surface area contributed by atoms with Gasteiger partial charge < -0.3 is 19.9 Å². The zero-order chi connectivity index (χ0) is 29.3. The molecule has 3 aliphatic rings. The van der Waals surface area contributed by atoms with E-state index in [1.54, 1.807) is 30.6 Å². The molecule has 0 spiro atoms. The van der Waals surface area contributed by atoms with E-state index >= 15 is 0 Å². The first-order chi connectivity index (χ1) is 18.9. The Labute approximate surface area is 235 Å². The van der Waals surface area contributed by atoms with Crippen molar-refractivity contribution in [3.05, 3.63) is 42.7 Å². The average molecular weight is 556 g/mol. The molecular formula is C30H41N3O7. The monoisotopic (exact) mass is 555 g/mol. The third kappa shape index (κ3) is 5.25. The van der Waals surface area contributed by atoms with Crippen LogP contribution in [0.2, 0.25) is 0 Å². The fourth-order valence-electron chi connectivity index (χ4n) is 7.66. The molecule has 3 aliphatic carbocycles. The van der Waals surface area contributed by atoms with E-state index in [2.05, 4.69) is 23.8 Å². The smallest absolute Gasteiger partial charge is 0.417 e. The molecule has 1 aromatic heterocycles. The molecule has 3 N–H and O–H groups in total. The van der Waals surface area contributed by atoms with Gasteiger partial charge in [-0.15, -0.1) is 6.58 Å². The van der Waals surface area contributed by atoms with Crippen LogP contribution < -0.4 is 10.6 Å². The van der Waals surface area contributed by atoms with E-state index < -0.39 is 53.2 Å². The molecule has 8 atom stereocenters. The molecule has 10 nitrogen and oxygen atoms in total. The minimum Gasteiger partial charge on any atom is -0.445 e. The third-order valence-electron chi connectivity index (χ3n) is 10.3. The zero-order valence-electron chi connectivity index (χ0n) is 23.8. The molecule has 1 heterocycles. The number of carbonyl (C=O) groups is 4. The van der Waals surface area contributed by atoms with Crippen molar-refractivity contribution in [1.29, 1.82) is 0 Å². The van der Waals surface area contributed by atoms with Gasteiger partial charge in [-0.2, -0.15) is 0 Å². The number of carbonyl (C=O) groups excluding carboxylic acids is 4. The van der Waals surface area contributed by atoms with Crippen molar-refractivity contribution in [1.82, 2.24) is 15.6 Å². The van der Waals surface area contributed by atoms with Gasteiger partial charge in [0.25, 0.3) is 5.91 Å². The Morgan fingerprint density at radius 1 is 1.23 bits per heavy atom. The predicted molar refractivity (Wildman–Crippen MR) is 146 cm³/mol. The minimum absolute atomic E-state index is 0.0532. The summed E-state index contributed by atoms with van der Waals surface area (Å²) in [4.78, 5) is 54.8. The summed E-state index contributed by atoms with van der Waals surface area (Å²) in [5.74, 6) is -0.876. The molecule has 0 radical (unpaired) electrons. The van der Waals surface area contributed by atoms with Crippen LogP contribution in [0.4, 0.5) is 9.59 Å². The summed E-state index contributed by atoms with van der Waals surface area (Å²) >= 11 is 0. The lowest BCUT2D eigenvalue weighted by atomic mass is 9.44. The molecule has 40 heavy (non-hydrogen) atoms. The van der Waals surface area contributed by atoms with Gasteiger partial charge in [-0.1, -0.05) is 39.8 Å². The molecule has 4 rings (SSSR count). The first kappa shape index (κ1) is 29.7. The first-order valence-electron chi connectivity index (χ1n) is 14.0. The van der Waals surface area contributed by atoms with Gasteiger partial charge in [-0.25, -0.2) is 14.9 Å². The summed E-state index contributed by atoms with van der Waals surface area (Å²) < 4.78 is 10.8.